The highest BCUT2D eigenvalue weighted by molar-refractivity contribution is 5.79. The zero-order chi connectivity index (χ0) is 17.7. The van der Waals surface area contributed by atoms with E-state index in [1.54, 1.807) is 32.1 Å². The molecule has 0 saturated carbocycles. The molecular formula is C20H28O3. The molecule has 0 radical (unpaired) electrons. The van der Waals surface area contributed by atoms with Crippen LogP contribution in [0.4, 0.5) is 0 Å². The van der Waals surface area contributed by atoms with Crippen LogP contribution < -0.4 is 0 Å². The fourth-order valence-electron chi connectivity index (χ4n) is 1.99. The number of esters is 1. The van der Waals surface area contributed by atoms with E-state index in [0.29, 0.717) is 5.56 Å². The summed E-state index contributed by atoms with van der Waals surface area (Å²) in [6.07, 6.45) is 0.645. The van der Waals surface area contributed by atoms with Gasteiger partial charge in [0.1, 0.15) is 5.41 Å². The van der Waals surface area contributed by atoms with E-state index in [4.69, 9.17) is 4.74 Å². The standard InChI is InChI=1S/C20H28O3/c1-7-23-18(22)20(6,14-13-15(2)19(3,4)5)17(21)16-11-9-8-10-12-16/h8-12,14,17,21H,7H2,1-6H3. The lowest BCUT2D eigenvalue weighted by Gasteiger charge is -2.29. The van der Waals surface area contributed by atoms with Gasteiger partial charge in [0.2, 0.25) is 0 Å². The molecule has 0 aliphatic rings. The molecule has 0 heterocycles. The molecule has 3 heteroatoms. The quantitative estimate of drug-likeness (QED) is 0.645. The smallest absolute Gasteiger partial charge is 0.319 e. The van der Waals surface area contributed by atoms with Crippen LogP contribution >= 0.6 is 0 Å². The van der Waals surface area contributed by atoms with Crippen molar-refractivity contribution in [1.29, 1.82) is 0 Å². The summed E-state index contributed by atoms with van der Waals surface area (Å²) in [6, 6.07) is 9.15. The van der Waals surface area contributed by atoms with Crippen LogP contribution in [0.15, 0.2) is 47.7 Å². The molecule has 3 nitrogen and oxygen atoms in total. The zero-order valence-electron chi connectivity index (χ0n) is 15.0. The normalized spacial score (nSPS) is 15.1. The predicted molar refractivity (Wildman–Crippen MR) is 92.9 cm³/mol. The maximum atomic E-state index is 12.5. The van der Waals surface area contributed by atoms with Crippen molar-refractivity contribution in [3.05, 3.63) is 53.3 Å². The lowest BCUT2D eigenvalue weighted by Crippen LogP contribution is -2.34. The van der Waals surface area contributed by atoms with Gasteiger partial charge in [0.15, 0.2) is 0 Å². The number of ether oxygens (including phenoxy) is 1. The van der Waals surface area contributed by atoms with Gasteiger partial charge in [-0.1, -0.05) is 51.1 Å². The Morgan fingerprint density at radius 1 is 1.26 bits per heavy atom. The number of benzene rings is 1. The lowest BCUT2D eigenvalue weighted by molar-refractivity contribution is -0.157. The molecular weight excluding hydrogens is 288 g/mol. The van der Waals surface area contributed by atoms with Gasteiger partial charge < -0.3 is 9.84 Å². The average Bonchev–Trinajstić information content (AvgIpc) is 2.51. The first-order chi connectivity index (χ1) is 10.6. The van der Waals surface area contributed by atoms with Gasteiger partial charge in [0.05, 0.1) is 12.7 Å². The third-order valence-corrected chi connectivity index (χ3v) is 4.11. The van der Waals surface area contributed by atoms with Crippen LogP contribution in [-0.2, 0) is 9.53 Å². The van der Waals surface area contributed by atoms with Crippen molar-refractivity contribution in [2.75, 3.05) is 6.61 Å². The van der Waals surface area contributed by atoms with Gasteiger partial charge in [-0.3, -0.25) is 4.79 Å². The van der Waals surface area contributed by atoms with E-state index in [1.807, 2.05) is 25.1 Å². The predicted octanol–water partition coefficient (Wildman–Crippen LogP) is 4.44. The minimum absolute atomic E-state index is 0.0518. The molecule has 2 atom stereocenters. The first-order valence-electron chi connectivity index (χ1n) is 7.98. The maximum Gasteiger partial charge on any atom is 0.319 e. The van der Waals surface area contributed by atoms with Crippen LogP contribution in [0.2, 0.25) is 0 Å². The molecule has 0 fully saturated rings. The van der Waals surface area contributed by atoms with E-state index >= 15 is 0 Å². The maximum absolute atomic E-state index is 12.5. The summed E-state index contributed by atoms with van der Waals surface area (Å²) < 4.78 is 5.19. The van der Waals surface area contributed by atoms with Crippen LogP contribution in [0.25, 0.3) is 0 Å². The molecule has 1 aromatic carbocycles. The molecule has 0 amide bonds. The fourth-order valence-corrected chi connectivity index (χ4v) is 1.99. The van der Waals surface area contributed by atoms with Crippen molar-refractivity contribution in [3.63, 3.8) is 0 Å². The van der Waals surface area contributed by atoms with Crippen LogP contribution in [0.5, 0.6) is 0 Å². The molecule has 0 aliphatic carbocycles. The van der Waals surface area contributed by atoms with Gasteiger partial charge in [0, 0.05) is 0 Å². The first kappa shape index (κ1) is 19.2. The minimum Gasteiger partial charge on any atom is -0.465 e. The Labute approximate surface area is 139 Å². The fraction of sp³-hybridized carbons (Fsp3) is 0.500. The Morgan fingerprint density at radius 3 is 2.30 bits per heavy atom. The molecule has 0 bridgehead atoms. The summed E-state index contributed by atoms with van der Waals surface area (Å²) in [6.45, 7) is 11.9. The monoisotopic (exact) mass is 316 g/mol. The number of aliphatic hydroxyl groups excluding tert-OH is 1. The molecule has 0 aliphatic heterocycles. The molecule has 1 aromatic rings. The highest BCUT2D eigenvalue weighted by atomic mass is 16.5. The number of carbonyl (C=O) groups excluding carboxylic acids is 1. The van der Waals surface area contributed by atoms with Crippen molar-refractivity contribution >= 4 is 5.97 Å². The third-order valence-electron chi connectivity index (χ3n) is 4.11. The number of hydrogen-bond acceptors (Lipinski definition) is 3. The molecule has 1 rings (SSSR count). The van der Waals surface area contributed by atoms with Crippen molar-refractivity contribution in [3.8, 4) is 0 Å². The number of carbonyl (C=O) groups is 1. The Morgan fingerprint density at radius 2 is 1.83 bits per heavy atom. The molecule has 2 unspecified atom stereocenters. The lowest BCUT2D eigenvalue weighted by atomic mass is 9.79. The summed E-state index contributed by atoms with van der Waals surface area (Å²) in [5.74, 6) is -0.453. The Bertz CT molecular complexity index is 589. The van der Waals surface area contributed by atoms with Gasteiger partial charge in [-0.15, -0.1) is 5.73 Å². The van der Waals surface area contributed by atoms with Crippen LogP contribution in [0, 0.1) is 10.8 Å². The average molecular weight is 316 g/mol. The van der Waals surface area contributed by atoms with Crippen LogP contribution in [0.3, 0.4) is 0 Å². The Kier molecular flexibility index (Phi) is 6.37. The highest BCUT2D eigenvalue weighted by Crippen LogP contribution is 2.37. The summed E-state index contributed by atoms with van der Waals surface area (Å²) in [4.78, 5) is 12.5. The van der Waals surface area contributed by atoms with Gasteiger partial charge in [-0.25, -0.2) is 0 Å². The van der Waals surface area contributed by atoms with Gasteiger partial charge in [-0.05, 0) is 43.4 Å². The zero-order valence-corrected chi connectivity index (χ0v) is 15.0. The van der Waals surface area contributed by atoms with Crippen molar-refractivity contribution < 1.29 is 14.6 Å². The topological polar surface area (TPSA) is 46.5 Å². The summed E-state index contributed by atoms with van der Waals surface area (Å²) in [5, 5.41) is 10.8. The Hall–Kier alpha value is -1.83. The van der Waals surface area contributed by atoms with E-state index in [0.717, 1.165) is 5.57 Å². The molecule has 0 aromatic heterocycles. The number of aliphatic hydroxyl groups is 1. The van der Waals surface area contributed by atoms with Crippen LogP contribution in [0.1, 0.15) is 53.2 Å². The number of rotatable bonds is 5. The molecule has 23 heavy (non-hydrogen) atoms. The van der Waals surface area contributed by atoms with Crippen molar-refractivity contribution in [2.24, 2.45) is 10.8 Å². The molecule has 1 N–H and O–H groups in total. The van der Waals surface area contributed by atoms with E-state index in [-0.39, 0.29) is 12.0 Å². The molecule has 0 spiro atoms. The first-order valence-corrected chi connectivity index (χ1v) is 7.98. The highest BCUT2D eigenvalue weighted by Gasteiger charge is 2.41. The summed E-state index contributed by atoms with van der Waals surface area (Å²) in [5.41, 5.74) is 3.62. The van der Waals surface area contributed by atoms with E-state index in [9.17, 15) is 9.90 Å². The van der Waals surface area contributed by atoms with E-state index < -0.39 is 17.5 Å². The van der Waals surface area contributed by atoms with Crippen molar-refractivity contribution in [1.82, 2.24) is 0 Å². The third kappa shape index (κ3) is 4.82. The molecule has 126 valence electrons. The van der Waals surface area contributed by atoms with Gasteiger partial charge >= 0.3 is 5.97 Å². The van der Waals surface area contributed by atoms with Crippen LogP contribution in [-0.4, -0.2) is 17.7 Å². The van der Waals surface area contributed by atoms with E-state index in [2.05, 4.69) is 26.5 Å². The Balaban J connectivity index is 3.34. The van der Waals surface area contributed by atoms with E-state index in [1.165, 1.54) is 0 Å². The van der Waals surface area contributed by atoms with Crippen molar-refractivity contribution in [2.45, 2.75) is 47.6 Å². The number of hydrogen-bond donors (Lipinski definition) is 1. The largest absolute Gasteiger partial charge is 0.465 e. The second kappa shape index (κ2) is 7.63. The SMILES string of the molecule is CCOC(=O)C(C)(C=C=C(C)C(C)(C)C)C(O)c1ccccc1. The summed E-state index contributed by atoms with van der Waals surface area (Å²) >= 11 is 0. The molecule has 0 saturated heterocycles. The second-order valence-electron chi connectivity index (χ2n) is 6.98. The summed E-state index contributed by atoms with van der Waals surface area (Å²) in [7, 11) is 0. The van der Waals surface area contributed by atoms with Gasteiger partial charge in [-0.2, -0.15) is 0 Å². The second-order valence-corrected chi connectivity index (χ2v) is 6.98. The minimum atomic E-state index is -1.19. The van der Waals surface area contributed by atoms with Gasteiger partial charge in [0.25, 0.3) is 0 Å².